The summed E-state index contributed by atoms with van der Waals surface area (Å²) < 4.78 is 14.0. The van der Waals surface area contributed by atoms with Gasteiger partial charge in [0.1, 0.15) is 11.6 Å². The Balaban J connectivity index is 1.89. The predicted molar refractivity (Wildman–Crippen MR) is 102 cm³/mol. The molecule has 0 aliphatic heterocycles. The van der Waals surface area contributed by atoms with E-state index in [4.69, 9.17) is 17.3 Å². The molecule has 0 atom stereocenters. The van der Waals surface area contributed by atoms with Crippen LogP contribution in [-0.2, 0) is 19.3 Å². The van der Waals surface area contributed by atoms with Crippen molar-refractivity contribution in [1.82, 2.24) is 4.98 Å². The van der Waals surface area contributed by atoms with Gasteiger partial charge >= 0.3 is 0 Å². The number of nitrogen functional groups attached to an aromatic ring is 1. The van der Waals surface area contributed by atoms with Crippen LogP contribution in [0, 0.1) is 5.82 Å². The molecule has 25 heavy (non-hydrogen) atoms. The molecule has 0 saturated carbocycles. The lowest BCUT2D eigenvalue weighted by molar-refractivity contribution is 0.631. The summed E-state index contributed by atoms with van der Waals surface area (Å²) in [5.41, 5.74) is 10.6. The Morgan fingerprint density at radius 3 is 2.60 bits per heavy atom. The molecule has 0 radical (unpaired) electrons. The van der Waals surface area contributed by atoms with E-state index < -0.39 is 0 Å². The Labute approximate surface area is 152 Å². The molecule has 0 fully saturated rings. The van der Waals surface area contributed by atoms with Crippen LogP contribution in [0.25, 0.3) is 11.1 Å². The van der Waals surface area contributed by atoms with Crippen LogP contribution >= 0.6 is 11.6 Å². The Morgan fingerprint density at radius 1 is 1.04 bits per heavy atom. The lowest BCUT2D eigenvalue weighted by Gasteiger charge is -2.12. The highest BCUT2D eigenvalue weighted by atomic mass is 35.5. The normalized spacial score (nSPS) is 10.8. The second-order valence-electron chi connectivity index (χ2n) is 5.98. The fourth-order valence-electron chi connectivity index (χ4n) is 3.04. The number of rotatable bonds is 5. The standard InChI is InChI=1S/C21H20ClFN2/c1-2-14-6-5-8-19(22)17(14)11-10-15-12-16(13-25-21(15)24)18-7-3-4-9-20(18)23/h3-9,12-13H,2,10-11H2,1H3,(H2,24,25). The van der Waals surface area contributed by atoms with E-state index in [1.165, 1.54) is 11.6 Å². The Bertz CT molecular complexity index is 893. The van der Waals surface area contributed by atoms with Gasteiger partial charge < -0.3 is 5.73 Å². The number of benzene rings is 2. The minimum absolute atomic E-state index is 0.264. The molecule has 0 amide bonds. The topological polar surface area (TPSA) is 38.9 Å². The number of nitrogens with zero attached hydrogens (tertiary/aromatic N) is 1. The summed E-state index contributed by atoms with van der Waals surface area (Å²) in [6, 6.07) is 14.6. The third-order valence-electron chi connectivity index (χ3n) is 4.43. The summed E-state index contributed by atoms with van der Waals surface area (Å²) in [6.07, 6.45) is 4.02. The van der Waals surface area contributed by atoms with Crippen LogP contribution in [-0.4, -0.2) is 4.98 Å². The van der Waals surface area contributed by atoms with Gasteiger partial charge in [-0.05, 0) is 54.2 Å². The highest BCUT2D eigenvalue weighted by Gasteiger charge is 2.11. The largest absolute Gasteiger partial charge is 0.383 e. The third kappa shape index (κ3) is 3.83. The Hall–Kier alpha value is -2.39. The first-order chi connectivity index (χ1) is 12.1. The van der Waals surface area contributed by atoms with E-state index >= 15 is 0 Å². The zero-order valence-electron chi connectivity index (χ0n) is 14.1. The number of hydrogen-bond acceptors (Lipinski definition) is 2. The average Bonchev–Trinajstić information content (AvgIpc) is 2.62. The molecule has 1 heterocycles. The fourth-order valence-corrected chi connectivity index (χ4v) is 3.33. The molecule has 0 unspecified atom stereocenters. The molecule has 3 rings (SSSR count). The van der Waals surface area contributed by atoms with Crippen molar-refractivity contribution in [2.24, 2.45) is 0 Å². The van der Waals surface area contributed by atoms with E-state index in [0.717, 1.165) is 34.6 Å². The van der Waals surface area contributed by atoms with Crippen molar-refractivity contribution in [3.63, 3.8) is 0 Å². The van der Waals surface area contributed by atoms with Crippen LogP contribution in [0.2, 0.25) is 5.02 Å². The number of anilines is 1. The minimum atomic E-state index is -0.264. The Kier molecular flexibility index (Phi) is 5.34. The Morgan fingerprint density at radius 2 is 1.84 bits per heavy atom. The van der Waals surface area contributed by atoms with Crippen molar-refractivity contribution in [1.29, 1.82) is 0 Å². The van der Waals surface area contributed by atoms with Crippen molar-refractivity contribution in [3.05, 3.63) is 82.3 Å². The molecule has 2 nitrogen and oxygen atoms in total. The van der Waals surface area contributed by atoms with Crippen molar-refractivity contribution in [2.75, 3.05) is 5.73 Å². The second-order valence-corrected chi connectivity index (χ2v) is 6.39. The molecule has 4 heteroatoms. The van der Waals surface area contributed by atoms with Gasteiger partial charge in [0.05, 0.1) is 0 Å². The molecule has 0 spiro atoms. The van der Waals surface area contributed by atoms with Gasteiger partial charge in [0.25, 0.3) is 0 Å². The van der Waals surface area contributed by atoms with E-state index in [2.05, 4.69) is 18.0 Å². The van der Waals surface area contributed by atoms with Crippen LogP contribution in [0.15, 0.2) is 54.7 Å². The number of nitrogens with two attached hydrogens (primary N) is 1. The van der Waals surface area contributed by atoms with Crippen molar-refractivity contribution >= 4 is 17.4 Å². The zero-order valence-corrected chi connectivity index (χ0v) is 14.9. The van der Waals surface area contributed by atoms with Crippen LogP contribution in [0.1, 0.15) is 23.6 Å². The summed E-state index contributed by atoms with van der Waals surface area (Å²) >= 11 is 6.37. The highest BCUT2D eigenvalue weighted by Crippen LogP contribution is 2.27. The first-order valence-corrected chi connectivity index (χ1v) is 8.73. The molecule has 2 aromatic carbocycles. The molecule has 3 aromatic rings. The number of aromatic nitrogens is 1. The smallest absolute Gasteiger partial charge is 0.131 e. The van der Waals surface area contributed by atoms with E-state index in [1.807, 2.05) is 24.3 Å². The number of pyridine rings is 1. The maximum absolute atomic E-state index is 14.0. The SMILES string of the molecule is CCc1cccc(Cl)c1CCc1cc(-c2ccccc2F)cnc1N. The third-order valence-corrected chi connectivity index (χ3v) is 4.78. The van der Waals surface area contributed by atoms with Crippen LogP contribution in [0.4, 0.5) is 10.2 Å². The van der Waals surface area contributed by atoms with Gasteiger partial charge in [-0.3, -0.25) is 0 Å². The van der Waals surface area contributed by atoms with Gasteiger partial charge in [-0.25, -0.2) is 9.37 Å². The molecule has 0 aliphatic rings. The summed E-state index contributed by atoms with van der Waals surface area (Å²) in [6.45, 7) is 2.11. The predicted octanol–water partition coefficient (Wildman–Crippen LogP) is 5.47. The van der Waals surface area contributed by atoms with E-state index in [0.29, 0.717) is 17.8 Å². The van der Waals surface area contributed by atoms with Crippen LogP contribution in [0.5, 0.6) is 0 Å². The van der Waals surface area contributed by atoms with Gasteiger partial charge in [0.2, 0.25) is 0 Å². The summed E-state index contributed by atoms with van der Waals surface area (Å²) in [5, 5.41) is 0.774. The molecule has 2 N–H and O–H groups in total. The summed E-state index contributed by atoms with van der Waals surface area (Å²) in [4.78, 5) is 4.25. The van der Waals surface area contributed by atoms with Crippen molar-refractivity contribution in [2.45, 2.75) is 26.2 Å². The first kappa shape index (κ1) is 17.4. The monoisotopic (exact) mass is 354 g/mol. The molecular weight excluding hydrogens is 335 g/mol. The highest BCUT2D eigenvalue weighted by molar-refractivity contribution is 6.31. The molecule has 1 aromatic heterocycles. The number of halogens is 2. The lowest BCUT2D eigenvalue weighted by Crippen LogP contribution is -2.03. The van der Waals surface area contributed by atoms with E-state index in [9.17, 15) is 4.39 Å². The molecule has 0 aliphatic carbocycles. The maximum atomic E-state index is 14.0. The van der Waals surface area contributed by atoms with Crippen molar-refractivity contribution in [3.8, 4) is 11.1 Å². The summed E-state index contributed by atoms with van der Waals surface area (Å²) in [5.74, 6) is 0.213. The van der Waals surface area contributed by atoms with Gasteiger partial charge in [0, 0.05) is 22.3 Å². The van der Waals surface area contributed by atoms with Crippen LogP contribution < -0.4 is 5.73 Å². The first-order valence-electron chi connectivity index (χ1n) is 8.35. The lowest BCUT2D eigenvalue weighted by atomic mass is 9.97. The molecular formula is C21H20ClFN2. The quantitative estimate of drug-likeness (QED) is 0.659. The van der Waals surface area contributed by atoms with Gasteiger partial charge in [-0.2, -0.15) is 0 Å². The fraction of sp³-hybridized carbons (Fsp3) is 0.190. The van der Waals surface area contributed by atoms with E-state index in [-0.39, 0.29) is 5.82 Å². The van der Waals surface area contributed by atoms with Gasteiger partial charge in [-0.1, -0.05) is 48.9 Å². The van der Waals surface area contributed by atoms with Gasteiger partial charge in [-0.15, -0.1) is 0 Å². The molecule has 0 saturated heterocycles. The van der Waals surface area contributed by atoms with E-state index in [1.54, 1.807) is 18.3 Å². The van der Waals surface area contributed by atoms with Crippen LogP contribution in [0.3, 0.4) is 0 Å². The number of aryl methyl sites for hydroxylation is 2. The average molecular weight is 355 g/mol. The maximum Gasteiger partial charge on any atom is 0.131 e. The zero-order chi connectivity index (χ0) is 17.8. The minimum Gasteiger partial charge on any atom is -0.383 e. The molecule has 128 valence electrons. The van der Waals surface area contributed by atoms with Crippen molar-refractivity contribution < 1.29 is 4.39 Å². The second kappa shape index (κ2) is 7.66. The molecule has 0 bridgehead atoms. The van der Waals surface area contributed by atoms with Gasteiger partial charge in [0.15, 0.2) is 0 Å². The number of hydrogen-bond donors (Lipinski definition) is 1. The summed E-state index contributed by atoms with van der Waals surface area (Å²) in [7, 11) is 0.